The number of aryl methyl sites for hydroxylation is 3. The number of hydrogen-bond acceptors (Lipinski definition) is 4. The Hall–Kier alpha value is -3.65. The number of anilines is 3. The molecule has 1 aliphatic heterocycles. The van der Waals surface area contributed by atoms with E-state index in [0.717, 1.165) is 23.1 Å². The SMILES string of the molecule is Cc1ccc(NC(=O)C(=O)Nc2ccc3c(c2)N(S(=O)(=O)c2ccc(C)cc2)CCC3)cc1. The molecule has 8 heteroatoms. The summed E-state index contributed by atoms with van der Waals surface area (Å²) in [7, 11) is -3.76. The van der Waals surface area contributed by atoms with Gasteiger partial charge in [-0.25, -0.2) is 8.42 Å². The molecule has 0 saturated carbocycles. The van der Waals surface area contributed by atoms with Crippen LogP contribution < -0.4 is 14.9 Å². The third-order valence-corrected chi connectivity index (χ3v) is 7.37. The van der Waals surface area contributed by atoms with Crippen molar-refractivity contribution in [3.63, 3.8) is 0 Å². The molecular formula is C25H25N3O4S. The molecule has 0 fully saturated rings. The lowest BCUT2D eigenvalue weighted by Crippen LogP contribution is -2.35. The maximum absolute atomic E-state index is 13.3. The number of hydrogen-bond donors (Lipinski definition) is 2. The standard InChI is InChI=1S/C25H25N3O4S/c1-17-5-10-20(11-6-17)26-24(29)25(30)27-21-12-9-19-4-3-15-28(23(19)16-21)33(31,32)22-13-7-18(2)8-14-22/h5-14,16H,3-4,15H2,1-2H3,(H,26,29)(H,27,30). The minimum absolute atomic E-state index is 0.216. The van der Waals surface area contributed by atoms with Gasteiger partial charge in [-0.2, -0.15) is 0 Å². The van der Waals surface area contributed by atoms with Crippen LogP contribution in [0.2, 0.25) is 0 Å². The quantitative estimate of drug-likeness (QED) is 0.571. The second-order valence-electron chi connectivity index (χ2n) is 8.11. The number of rotatable bonds is 4. The van der Waals surface area contributed by atoms with Crippen LogP contribution in [0.4, 0.5) is 17.1 Å². The molecule has 1 heterocycles. The Bertz CT molecular complexity index is 1300. The van der Waals surface area contributed by atoms with Crippen molar-refractivity contribution in [1.82, 2.24) is 0 Å². The van der Waals surface area contributed by atoms with E-state index in [4.69, 9.17) is 0 Å². The van der Waals surface area contributed by atoms with Gasteiger partial charge in [0.15, 0.2) is 0 Å². The molecule has 2 N–H and O–H groups in total. The number of carbonyl (C=O) groups excluding carboxylic acids is 2. The molecule has 3 aromatic carbocycles. The number of benzene rings is 3. The summed E-state index contributed by atoms with van der Waals surface area (Å²) >= 11 is 0. The van der Waals surface area contributed by atoms with E-state index in [1.54, 1.807) is 54.6 Å². The van der Waals surface area contributed by atoms with Gasteiger partial charge in [0.25, 0.3) is 10.0 Å². The van der Waals surface area contributed by atoms with Crippen LogP contribution in [0.3, 0.4) is 0 Å². The molecule has 0 aromatic heterocycles. The first kappa shape index (κ1) is 22.5. The van der Waals surface area contributed by atoms with Gasteiger partial charge in [0, 0.05) is 17.9 Å². The predicted octanol–water partition coefficient (Wildman–Crippen LogP) is 4.02. The lowest BCUT2D eigenvalue weighted by atomic mass is 10.0. The highest BCUT2D eigenvalue weighted by atomic mass is 32.2. The smallest absolute Gasteiger partial charge is 0.314 e. The summed E-state index contributed by atoms with van der Waals surface area (Å²) in [5.41, 5.74) is 4.27. The molecule has 0 aliphatic carbocycles. The Morgan fingerprint density at radius 2 is 1.33 bits per heavy atom. The maximum atomic E-state index is 13.3. The van der Waals surface area contributed by atoms with Crippen LogP contribution in [0.5, 0.6) is 0 Å². The van der Waals surface area contributed by atoms with E-state index < -0.39 is 21.8 Å². The Kier molecular flexibility index (Phi) is 6.20. The van der Waals surface area contributed by atoms with Crippen LogP contribution in [0.25, 0.3) is 0 Å². The number of nitrogens with zero attached hydrogens (tertiary/aromatic N) is 1. The van der Waals surface area contributed by atoms with Gasteiger partial charge in [-0.3, -0.25) is 13.9 Å². The maximum Gasteiger partial charge on any atom is 0.314 e. The normalized spacial score (nSPS) is 13.2. The van der Waals surface area contributed by atoms with Gasteiger partial charge in [-0.15, -0.1) is 0 Å². The van der Waals surface area contributed by atoms with Crippen molar-refractivity contribution in [2.24, 2.45) is 0 Å². The van der Waals surface area contributed by atoms with Gasteiger partial charge in [0.2, 0.25) is 0 Å². The Balaban J connectivity index is 1.55. The highest BCUT2D eigenvalue weighted by Gasteiger charge is 2.29. The third-order valence-electron chi connectivity index (χ3n) is 5.54. The molecular weight excluding hydrogens is 438 g/mol. The van der Waals surface area contributed by atoms with Crippen LogP contribution in [-0.4, -0.2) is 26.8 Å². The van der Waals surface area contributed by atoms with E-state index in [1.807, 2.05) is 26.0 Å². The molecule has 2 amide bonds. The zero-order chi connectivity index (χ0) is 23.6. The molecule has 4 rings (SSSR count). The first-order chi connectivity index (χ1) is 15.7. The molecule has 3 aromatic rings. The van der Waals surface area contributed by atoms with Gasteiger partial charge >= 0.3 is 11.8 Å². The van der Waals surface area contributed by atoms with E-state index in [2.05, 4.69) is 10.6 Å². The summed E-state index contributed by atoms with van der Waals surface area (Å²) in [6.45, 7) is 4.17. The van der Waals surface area contributed by atoms with E-state index >= 15 is 0 Å². The summed E-state index contributed by atoms with van der Waals surface area (Å²) in [6.07, 6.45) is 1.43. The van der Waals surface area contributed by atoms with Gasteiger partial charge < -0.3 is 10.6 Å². The molecule has 0 atom stereocenters. The molecule has 170 valence electrons. The molecule has 1 aliphatic rings. The Labute approximate surface area is 193 Å². The van der Waals surface area contributed by atoms with Crippen molar-refractivity contribution in [2.75, 3.05) is 21.5 Å². The molecule has 0 spiro atoms. The number of carbonyl (C=O) groups is 2. The molecule has 0 saturated heterocycles. The number of sulfonamides is 1. The summed E-state index contributed by atoms with van der Waals surface area (Å²) in [4.78, 5) is 24.9. The van der Waals surface area contributed by atoms with Gasteiger partial charge in [-0.05, 0) is 68.7 Å². The monoisotopic (exact) mass is 463 g/mol. The van der Waals surface area contributed by atoms with Crippen LogP contribution in [-0.2, 0) is 26.0 Å². The van der Waals surface area contributed by atoms with E-state index in [1.165, 1.54) is 4.31 Å². The number of amides is 2. The zero-order valence-electron chi connectivity index (χ0n) is 18.5. The fourth-order valence-electron chi connectivity index (χ4n) is 3.72. The molecule has 0 radical (unpaired) electrons. The summed E-state index contributed by atoms with van der Waals surface area (Å²) in [5.74, 6) is -1.64. The average molecular weight is 464 g/mol. The van der Waals surface area contributed by atoms with E-state index in [-0.39, 0.29) is 4.90 Å². The number of fused-ring (bicyclic) bond motifs is 1. The second kappa shape index (κ2) is 9.07. The second-order valence-corrected chi connectivity index (χ2v) is 9.97. The largest absolute Gasteiger partial charge is 0.318 e. The minimum Gasteiger partial charge on any atom is -0.318 e. The van der Waals surface area contributed by atoms with Crippen molar-refractivity contribution in [3.8, 4) is 0 Å². The molecule has 0 unspecified atom stereocenters. The van der Waals surface area contributed by atoms with Crippen molar-refractivity contribution in [1.29, 1.82) is 0 Å². The van der Waals surface area contributed by atoms with Gasteiger partial charge in [0.1, 0.15) is 0 Å². The average Bonchev–Trinajstić information content (AvgIpc) is 2.80. The minimum atomic E-state index is -3.76. The van der Waals surface area contributed by atoms with Crippen LogP contribution in [0, 0.1) is 13.8 Å². The van der Waals surface area contributed by atoms with E-state index in [0.29, 0.717) is 30.0 Å². The highest BCUT2D eigenvalue weighted by Crippen LogP contribution is 2.34. The number of nitrogens with one attached hydrogen (secondary N) is 2. The Morgan fingerprint density at radius 3 is 1.97 bits per heavy atom. The fraction of sp³-hybridized carbons (Fsp3) is 0.200. The van der Waals surface area contributed by atoms with Crippen LogP contribution in [0.1, 0.15) is 23.1 Å². The Morgan fingerprint density at radius 1 is 0.788 bits per heavy atom. The first-order valence-electron chi connectivity index (χ1n) is 10.7. The molecule has 7 nitrogen and oxygen atoms in total. The molecule has 33 heavy (non-hydrogen) atoms. The van der Waals surface area contributed by atoms with Crippen molar-refractivity contribution < 1.29 is 18.0 Å². The predicted molar refractivity (Wildman–Crippen MR) is 129 cm³/mol. The van der Waals surface area contributed by atoms with E-state index in [9.17, 15) is 18.0 Å². The zero-order valence-corrected chi connectivity index (χ0v) is 19.3. The van der Waals surface area contributed by atoms with Gasteiger partial charge in [-0.1, -0.05) is 41.5 Å². The van der Waals surface area contributed by atoms with Crippen molar-refractivity contribution in [2.45, 2.75) is 31.6 Å². The first-order valence-corrected chi connectivity index (χ1v) is 12.1. The topological polar surface area (TPSA) is 95.6 Å². The van der Waals surface area contributed by atoms with Crippen molar-refractivity contribution in [3.05, 3.63) is 83.4 Å². The summed E-state index contributed by atoms with van der Waals surface area (Å²) in [6, 6.07) is 18.9. The highest BCUT2D eigenvalue weighted by molar-refractivity contribution is 7.92. The van der Waals surface area contributed by atoms with Crippen LogP contribution >= 0.6 is 0 Å². The fourth-order valence-corrected chi connectivity index (χ4v) is 5.25. The van der Waals surface area contributed by atoms with Gasteiger partial charge in [0.05, 0.1) is 10.6 Å². The van der Waals surface area contributed by atoms with Crippen molar-refractivity contribution >= 4 is 38.9 Å². The van der Waals surface area contributed by atoms with Crippen LogP contribution in [0.15, 0.2) is 71.6 Å². The molecule has 0 bridgehead atoms. The summed E-state index contributed by atoms with van der Waals surface area (Å²) in [5, 5.41) is 5.12. The lowest BCUT2D eigenvalue weighted by Gasteiger charge is -2.31. The third kappa shape index (κ3) is 4.90. The lowest BCUT2D eigenvalue weighted by molar-refractivity contribution is -0.132. The summed E-state index contributed by atoms with van der Waals surface area (Å²) < 4.78 is 28.0.